The zero-order valence-electron chi connectivity index (χ0n) is 6.13. The van der Waals surface area contributed by atoms with Gasteiger partial charge in [-0.1, -0.05) is 29.5 Å². The van der Waals surface area contributed by atoms with Gasteiger partial charge in [-0.2, -0.15) is 0 Å². The molecule has 0 radical (unpaired) electrons. The average molecular weight is 271 g/mol. The molecule has 0 aliphatic rings. The molecule has 0 aromatic carbocycles. The van der Waals surface area contributed by atoms with Crippen LogP contribution in [0.5, 0.6) is 0 Å². The van der Waals surface area contributed by atoms with Crippen LogP contribution in [0, 0.1) is 0 Å². The van der Waals surface area contributed by atoms with Crippen molar-refractivity contribution in [2.24, 2.45) is 0 Å². The Bertz CT molecular complexity index is 160. The molecule has 0 spiro atoms. The molecule has 0 aromatic rings. The second-order valence-electron chi connectivity index (χ2n) is 1.97. The normalized spacial score (nSPS) is 12.2. The fraction of sp³-hybridized carbons (Fsp3) is 0.667. The number of aliphatic carboxylic acids is 1. The van der Waals surface area contributed by atoms with Crippen molar-refractivity contribution in [3.63, 3.8) is 0 Å². The predicted octanol–water partition coefficient (Wildman–Crippen LogP) is 0.401. The van der Waals surface area contributed by atoms with Gasteiger partial charge in [0, 0.05) is 10.8 Å². The molecule has 64 valence electrons. The standard InChI is InChI=1S/C6H10INO3/c1-2-5(9)8-4(3-7)6(10)11/h4H,2-3H2,1H3,(H,8,9)(H,10,11). The Morgan fingerprint density at radius 3 is 2.45 bits per heavy atom. The fourth-order valence-corrected chi connectivity index (χ4v) is 1.06. The highest BCUT2D eigenvalue weighted by molar-refractivity contribution is 14.1. The predicted molar refractivity (Wildman–Crippen MR) is 48.7 cm³/mol. The number of carboxylic acids is 1. The van der Waals surface area contributed by atoms with Crippen LogP contribution in [0.1, 0.15) is 13.3 Å². The van der Waals surface area contributed by atoms with Gasteiger partial charge in [-0.15, -0.1) is 0 Å². The highest BCUT2D eigenvalue weighted by Gasteiger charge is 2.16. The third-order valence-corrected chi connectivity index (χ3v) is 1.99. The van der Waals surface area contributed by atoms with E-state index in [0.717, 1.165) is 0 Å². The summed E-state index contributed by atoms with van der Waals surface area (Å²) < 4.78 is 0.388. The zero-order chi connectivity index (χ0) is 8.85. The number of alkyl halides is 1. The van der Waals surface area contributed by atoms with Crippen molar-refractivity contribution in [2.75, 3.05) is 4.43 Å². The summed E-state index contributed by atoms with van der Waals surface area (Å²) in [6.45, 7) is 1.68. The highest BCUT2D eigenvalue weighted by Crippen LogP contribution is 1.92. The molecule has 0 aliphatic heterocycles. The van der Waals surface area contributed by atoms with Crippen LogP contribution in [0.15, 0.2) is 0 Å². The van der Waals surface area contributed by atoms with Crippen LogP contribution in [0.4, 0.5) is 0 Å². The monoisotopic (exact) mass is 271 g/mol. The molecule has 0 aromatic heterocycles. The lowest BCUT2D eigenvalue weighted by Crippen LogP contribution is -2.41. The minimum absolute atomic E-state index is 0.228. The summed E-state index contributed by atoms with van der Waals surface area (Å²) in [5.74, 6) is -1.21. The first-order valence-corrected chi connectivity index (χ1v) is 4.72. The number of nitrogens with one attached hydrogen (secondary N) is 1. The van der Waals surface area contributed by atoms with Crippen molar-refractivity contribution >= 4 is 34.5 Å². The number of amides is 1. The summed E-state index contributed by atoms with van der Waals surface area (Å²) in [5.41, 5.74) is 0. The van der Waals surface area contributed by atoms with Crippen LogP contribution in [-0.4, -0.2) is 27.5 Å². The summed E-state index contributed by atoms with van der Waals surface area (Å²) in [5, 5.41) is 10.9. The van der Waals surface area contributed by atoms with Crippen LogP contribution >= 0.6 is 22.6 Å². The Hall–Kier alpha value is -0.330. The third-order valence-electron chi connectivity index (χ3n) is 1.11. The molecule has 0 heterocycles. The van der Waals surface area contributed by atoms with Gasteiger partial charge in [0.05, 0.1) is 0 Å². The number of rotatable bonds is 4. The topological polar surface area (TPSA) is 66.4 Å². The second kappa shape index (κ2) is 5.34. The van der Waals surface area contributed by atoms with Crippen molar-refractivity contribution in [1.29, 1.82) is 0 Å². The number of carbonyl (C=O) groups is 2. The number of hydrogen-bond acceptors (Lipinski definition) is 2. The Morgan fingerprint density at radius 2 is 2.18 bits per heavy atom. The highest BCUT2D eigenvalue weighted by atomic mass is 127. The number of carboxylic acid groups (broad SMARTS) is 1. The summed E-state index contributed by atoms with van der Waals surface area (Å²) in [6.07, 6.45) is 0.320. The quantitative estimate of drug-likeness (QED) is 0.574. The Labute approximate surface area is 78.5 Å². The lowest BCUT2D eigenvalue weighted by atomic mass is 10.3. The van der Waals surface area contributed by atoms with Gasteiger partial charge in [-0.3, -0.25) is 4.79 Å². The van der Waals surface area contributed by atoms with Crippen LogP contribution in [0.25, 0.3) is 0 Å². The van der Waals surface area contributed by atoms with E-state index in [1.807, 2.05) is 22.6 Å². The van der Waals surface area contributed by atoms with Crippen LogP contribution in [0.2, 0.25) is 0 Å². The SMILES string of the molecule is CCC(=O)NC(CI)C(=O)O. The lowest BCUT2D eigenvalue weighted by Gasteiger charge is -2.09. The molecule has 4 nitrogen and oxygen atoms in total. The lowest BCUT2D eigenvalue weighted by molar-refractivity contribution is -0.140. The van der Waals surface area contributed by atoms with Crippen molar-refractivity contribution < 1.29 is 14.7 Å². The van der Waals surface area contributed by atoms with Gasteiger partial charge < -0.3 is 10.4 Å². The van der Waals surface area contributed by atoms with E-state index in [2.05, 4.69) is 5.32 Å². The molecule has 1 amide bonds. The van der Waals surface area contributed by atoms with E-state index in [9.17, 15) is 9.59 Å². The van der Waals surface area contributed by atoms with Crippen LogP contribution in [0.3, 0.4) is 0 Å². The Morgan fingerprint density at radius 1 is 1.64 bits per heavy atom. The summed E-state index contributed by atoms with van der Waals surface area (Å²) in [6, 6.07) is -0.747. The molecular formula is C6H10INO3. The van der Waals surface area contributed by atoms with Crippen LogP contribution < -0.4 is 5.32 Å². The maximum absolute atomic E-state index is 10.7. The van der Waals surface area contributed by atoms with E-state index in [4.69, 9.17) is 5.11 Å². The Balaban J connectivity index is 3.88. The van der Waals surface area contributed by atoms with Crippen molar-refractivity contribution in [3.8, 4) is 0 Å². The summed E-state index contributed by atoms with van der Waals surface area (Å²) in [4.78, 5) is 21.1. The van der Waals surface area contributed by atoms with E-state index in [1.54, 1.807) is 6.92 Å². The fourth-order valence-electron chi connectivity index (χ4n) is 0.463. The summed E-state index contributed by atoms with van der Waals surface area (Å²) in [7, 11) is 0. The number of carbonyl (C=O) groups excluding carboxylic acids is 1. The van der Waals surface area contributed by atoms with Crippen molar-refractivity contribution in [1.82, 2.24) is 5.32 Å². The maximum Gasteiger partial charge on any atom is 0.327 e. The largest absolute Gasteiger partial charge is 0.480 e. The van der Waals surface area contributed by atoms with Crippen molar-refractivity contribution in [3.05, 3.63) is 0 Å². The van der Waals surface area contributed by atoms with Gasteiger partial charge in [0.25, 0.3) is 0 Å². The molecule has 0 saturated heterocycles. The summed E-state index contributed by atoms with van der Waals surface area (Å²) >= 11 is 1.92. The smallest absolute Gasteiger partial charge is 0.327 e. The first-order valence-electron chi connectivity index (χ1n) is 3.20. The maximum atomic E-state index is 10.7. The first kappa shape index (κ1) is 10.7. The van der Waals surface area contributed by atoms with Gasteiger partial charge in [-0.25, -0.2) is 4.79 Å². The number of hydrogen-bond donors (Lipinski definition) is 2. The van der Waals surface area contributed by atoms with Gasteiger partial charge in [0.15, 0.2) is 0 Å². The molecule has 1 atom stereocenters. The molecule has 11 heavy (non-hydrogen) atoms. The van der Waals surface area contributed by atoms with E-state index >= 15 is 0 Å². The molecule has 0 bridgehead atoms. The van der Waals surface area contributed by atoms with E-state index in [-0.39, 0.29) is 5.91 Å². The molecule has 2 N–H and O–H groups in total. The third kappa shape index (κ3) is 4.18. The van der Waals surface area contributed by atoms with E-state index in [0.29, 0.717) is 10.8 Å². The molecule has 0 aliphatic carbocycles. The van der Waals surface area contributed by atoms with Gasteiger partial charge in [0.1, 0.15) is 6.04 Å². The molecular weight excluding hydrogens is 261 g/mol. The average Bonchev–Trinajstić information content (AvgIpc) is 1.99. The minimum atomic E-state index is -0.985. The minimum Gasteiger partial charge on any atom is -0.480 e. The molecule has 0 saturated carbocycles. The molecule has 1 unspecified atom stereocenters. The van der Waals surface area contributed by atoms with E-state index in [1.165, 1.54) is 0 Å². The molecule has 0 rings (SSSR count). The van der Waals surface area contributed by atoms with E-state index < -0.39 is 12.0 Å². The van der Waals surface area contributed by atoms with Gasteiger partial charge >= 0.3 is 5.97 Å². The van der Waals surface area contributed by atoms with Gasteiger partial charge in [0.2, 0.25) is 5.91 Å². The molecule has 0 fully saturated rings. The number of halogens is 1. The molecule has 5 heteroatoms. The first-order chi connectivity index (χ1) is 5.11. The Kier molecular flexibility index (Phi) is 5.18. The second-order valence-corrected chi connectivity index (χ2v) is 2.85. The zero-order valence-corrected chi connectivity index (χ0v) is 8.29. The van der Waals surface area contributed by atoms with Crippen molar-refractivity contribution in [2.45, 2.75) is 19.4 Å². The van der Waals surface area contributed by atoms with Crippen LogP contribution in [-0.2, 0) is 9.59 Å². The van der Waals surface area contributed by atoms with Gasteiger partial charge in [-0.05, 0) is 0 Å².